The molecule has 1 aromatic rings. The average Bonchev–Trinajstić information content (AvgIpc) is 2.90. The first kappa shape index (κ1) is 10.5. The number of rotatable bonds is 3. The SMILES string of the molecule is [2H]C1([2H])C[C@@]2(c3ccc(OC)c(OC)c3)CCN(C)[C@H]2C([2H])([2H])[C@@H]1O. The van der Waals surface area contributed by atoms with Gasteiger partial charge in [-0.15, -0.1) is 0 Å². The van der Waals surface area contributed by atoms with E-state index < -0.39 is 30.3 Å². The van der Waals surface area contributed by atoms with Gasteiger partial charge in [0.2, 0.25) is 0 Å². The summed E-state index contributed by atoms with van der Waals surface area (Å²) in [4.78, 5) is 1.90. The molecule has 0 aromatic heterocycles. The van der Waals surface area contributed by atoms with Crippen LogP contribution in [0, 0.1) is 0 Å². The van der Waals surface area contributed by atoms with Gasteiger partial charge in [0, 0.05) is 16.9 Å². The summed E-state index contributed by atoms with van der Waals surface area (Å²) in [6.45, 7) is 0.640. The molecule has 4 heteroatoms. The molecule has 0 spiro atoms. The van der Waals surface area contributed by atoms with E-state index in [9.17, 15) is 5.11 Å². The highest BCUT2D eigenvalue weighted by atomic mass is 16.5. The number of likely N-dealkylation sites (N-methyl/N-ethyl adjacent to an activating group) is 1. The Labute approximate surface area is 132 Å². The minimum Gasteiger partial charge on any atom is -0.493 e. The standard InChI is InChI=1S/C17H25NO3/c1-18-9-8-17(7-6-13(19)11-16(17)18)12-4-5-14(20-2)15(10-12)21-3/h4-5,10,13,16,19H,6-9,11H2,1-3H3/t13-,16+,17+/m1/s1/i6D2,11D2. The van der Waals surface area contributed by atoms with Gasteiger partial charge in [-0.25, -0.2) is 0 Å². The van der Waals surface area contributed by atoms with Crippen molar-refractivity contribution in [1.82, 2.24) is 4.90 Å². The highest BCUT2D eigenvalue weighted by molar-refractivity contribution is 5.46. The topological polar surface area (TPSA) is 41.9 Å². The van der Waals surface area contributed by atoms with Gasteiger partial charge in [0.1, 0.15) is 0 Å². The highest BCUT2D eigenvalue weighted by Gasteiger charge is 2.50. The zero-order chi connectivity index (χ0) is 18.6. The van der Waals surface area contributed by atoms with Gasteiger partial charge < -0.3 is 19.5 Å². The van der Waals surface area contributed by atoms with Gasteiger partial charge in [-0.3, -0.25) is 0 Å². The summed E-state index contributed by atoms with van der Waals surface area (Å²) in [5.41, 5.74) is 0.0831. The zero-order valence-electron chi connectivity index (χ0n) is 16.7. The lowest BCUT2D eigenvalue weighted by Crippen LogP contribution is -2.47. The summed E-state index contributed by atoms with van der Waals surface area (Å²) in [5.74, 6) is 1.11. The van der Waals surface area contributed by atoms with Crippen LogP contribution in [0.5, 0.6) is 11.5 Å². The second-order valence-electron chi connectivity index (χ2n) is 5.81. The first-order valence-electron chi connectivity index (χ1n) is 9.21. The monoisotopic (exact) mass is 295 g/mol. The number of hydrogen-bond donors (Lipinski definition) is 1. The van der Waals surface area contributed by atoms with E-state index in [1.807, 2.05) is 24.1 Å². The van der Waals surface area contributed by atoms with Gasteiger partial charge in [0.25, 0.3) is 0 Å². The molecule has 2 aliphatic rings. The molecule has 1 heterocycles. The second-order valence-corrected chi connectivity index (χ2v) is 5.81. The first-order chi connectivity index (χ1) is 11.6. The largest absolute Gasteiger partial charge is 0.493 e. The number of nitrogens with zero attached hydrogens (tertiary/aromatic N) is 1. The van der Waals surface area contributed by atoms with Crippen LogP contribution in [0.15, 0.2) is 18.2 Å². The predicted octanol–water partition coefficient (Wildman–Crippen LogP) is 2.19. The van der Waals surface area contributed by atoms with Crippen LogP contribution in [0.1, 0.15) is 36.6 Å². The van der Waals surface area contributed by atoms with E-state index in [-0.39, 0.29) is 6.42 Å². The lowest BCUT2D eigenvalue weighted by Gasteiger charge is -2.43. The maximum Gasteiger partial charge on any atom is 0.161 e. The third-order valence-corrected chi connectivity index (χ3v) is 4.76. The lowest BCUT2D eigenvalue weighted by atomic mass is 9.65. The van der Waals surface area contributed by atoms with E-state index >= 15 is 0 Å². The summed E-state index contributed by atoms with van der Waals surface area (Å²) in [6.07, 6.45) is -5.07. The van der Waals surface area contributed by atoms with Crippen LogP contribution >= 0.6 is 0 Å². The number of hydrogen-bond acceptors (Lipinski definition) is 4. The van der Waals surface area contributed by atoms with Gasteiger partial charge in [0.05, 0.1) is 20.3 Å². The van der Waals surface area contributed by atoms with Crippen molar-refractivity contribution in [2.45, 2.75) is 43.1 Å². The Hall–Kier alpha value is -1.26. The second kappa shape index (κ2) is 5.50. The first-order valence-corrected chi connectivity index (χ1v) is 7.21. The van der Waals surface area contributed by atoms with Crippen LogP contribution in [-0.4, -0.2) is 50.0 Å². The van der Waals surface area contributed by atoms with Crippen molar-refractivity contribution >= 4 is 0 Å². The maximum atomic E-state index is 10.4. The Morgan fingerprint density at radius 1 is 1.29 bits per heavy atom. The quantitative estimate of drug-likeness (QED) is 0.928. The number of aliphatic hydroxyl groups excluding tert-OH is 1. The molecule has 1 saturated carbocycles. The zero-order valence-corrected chi connectivity index (χ0v) is 12.7. The average molecular weight is 295 g/mol. The fourth-order valence-corrected chi connectivity index (χ4v) is 3.57. The fraction of sp³-hybridized carbons (Fsp3) is 0.647. The summed E-state index contributed by atoms with van der Waals surface area (Å²) in [6, 6.07) is 4.83. The molecule has 4 nitrogen and oxygen atoms in total. The van der Waals surface area contributed by atoms with Crippen molar-refractivity contribution in [3.8, 4) is 11.5 Å². The Kier molecular flexibility index (Phi) is 2.74. The minimum atomic E-state index is -2.07. The van der Waals surface area contributed by atoms with Gasteiger partial charge in [-0.05, 0) is 56.9 Å². The summed E-state index contributed by atoms with van der Waals surface area (Å²) in [5, 5.41) is 10.4. The lowest BCUT2D eigenvalue weighted by molar-refractivity contribution is 0.0566. The van der Waals surface area contributed by atoms with Crippen molar-refractivity contribution in [1.29, 1.82) is 0 Å². The van der Waals surface area contributed by atoms with E-state index in [4.69, 9.17) is 15.0 Å². The molecular weight excluding hydrogens is 266 g/mol. The Balaban J connectivity index is 2.18. The normalized spacial score (nSPS) is 40.4. The molecular formula is C17H25NO3. The molecule has 1 aliphatic heterocycles. The van der Waals surface area contributed by atoms with Gasteiger partial charge in [-0.2, -0.15) is 0 Å². The molecule has 3 atom stereocenters. The summed E-state index contributed by atoms with van der Waals surface area (Å²) >= 11 is 0. The fourth-order valence-electron chi connectivity index (χ4n) is 3.57. The van der Waals surface area contributed by atoms with E-state index in [0.717, 1.165) is 5.56 Å². The molecule has 21 heavy (non-hydrogen) atoms. The van der Waals surface area contributed by atoms with Crippen LogP contribution in [0.4, 0.5) is 0 Å². The highest BCUT2D eigenvalue weighted by Crippen LogP contribution is 2.49. The Morgan fingerprint density at radius 2 is 2.05 bits per heavy atom. The summed E-state index contributed by atoms with van der Waals surface area (Å²) < 4.78 is 44.1. The van der Waals surface area contributed by atoms with E-state index in [1.54, 1.807) is 20.3 Å². The minimum absolute atomic E-state index is 0.0607. The number of methoxy groups -OCH3 is 2. The van der Waals surface area contributed by atoms with Crippen molar-refractivity contribution in [3.05, 3.63) is 23.8 Å². The molecule has 0 radical (unpaired) electrons. The van der Waals surface area contributed by atoms with E-state index in [1.165, 1.54) is 0 Å². The molecule has 1 saturated heterocycles. The number of ether oxygens (including phenoxy) is 2. The predicted molar refractivity (Wildman–Crippen MR) is 82.1 cm³/mol. The van der Waals surface area contributed by atoms with Gasteiger partial charge in [-0.1, -0.05) is 6.07 Å². The third-order valence-electron chi connectivity index (χ3n) is 4.76. The van der Waals surface area contributed by atoms with Crippen molar-refractivity contribution in [2.24, 2.45) is 0 Å². The van der Waals surface area contributed by atoms with Crippen LogP contribution in [-0.2, 0) is 5.41 Å². The molecule has 0 amide bonds. The number of benzene rings is 1. The van der Waals surface area contributed by atoms with Gasteiger partial charge in [0.15, 0.2) is 11.5 Å². The molecule has 0 unspecified atom stereocenters. The van der Waals surface area contributed by atoms with Crippen LogP contribution < -0.4 is 9.47 Å². The van der Waals surface area contributed by atoms with E-state index in [0.29, 0.717) is 24.5 Å². The van der Waals surface area contributed by atoms with Crippen LogP contribution in [0.2, 0.25) is 0 Å². The van der Waals surface area contributed by atoms with E-state index in [2.05, 4.69) is 0 Å². The summed E-state index contributed by atoms with van der Waals surface area (Å²) in [7, 11) is 4.93. The number of aliphatic hydroxyl groups is 1. The number of likely N-dealkylation sites (tertiary alicyclic amines) is 1. The van der Waals surface area contributed by atoms with Crippen LogP contribution in [0.3, 0.4) is 0 Å². The third kappa shape index (κ3) is 2.30. The molecule has 2 fully saturated rings. The van der Waals surface area contributed by atoms with Crippen molar-refractivity contribution < 1.29 is 20.1 Å². The number of fused-ring (bicyclic) bond motifs is 1. The van der Waals surface area contributed by atoms with Gasteiger partial charge >= 0.3 is 0 Å². The Morgan fingerprint density at radius 3 is 2.76 bits per heavy atom. The molecule has 1 aromatic carbocycles. The molecule has 3 rings (SSSR count). The maximum absolute atomic E-state index is 10.4. The van der Waals surface area contributed by atoms with Crippen molar-refractivity contribution in [3.63, 3.8) is 0 Å². The van der Waals surface area contributed by atoms with Crippen molar-refractivity contribution in [2.75, 3.05) is 27.8 Å². The smallest absolute Gasteiger partial charge is 0.161 e. The molecule has 1 N–H and O–H groups in total. The molecule has 116 valence electrons. The van der Waals surface area contributed by atoms with Crippen LogP contribution in [0.25, 0.3) is 0 Å². The molecule has 0 bridgehead atoms. The molecule has 1 aliphatic carbocycles. The Bertz CT molecular complexity index is 669.